The Labute approximate surface area is 93.7 Å². The van der Waals surface area contributed by atoms with Crippen LogP contribution in [0.2, 0.25) is 0 Å². The fourth-order valence-corrected chi connectivity index (χ4v) is 1.41. The number of benzene rings is 1. The number of ether oxygens (including phenoxy) is 1. The summed E-state index contributed by atoms with van der Waals surface area (Å²) < 4.78 is 5.55. The number of aryl methyl sites for hydroxylation is 1. The topological polar surface area (TPSA) is 42.1 Å². The van der Waals surface area contributed by atoms with Crippen LogP contribution in [0.4, 0.5) is 0 Å². The summed E-state index contributed by atoms with van der Waals surface area (Å²) in [7, 11) is 0. The van der Waals surface area contributed by atoms with Gasteiger partial charge < -0.3 is 4.74 Å². The van der Waals surface area contributed by atoms with Crippen LogP contribution in [0.3, 0.4) is 0 Å². The first-order valence-electron chi connectivity index (χ1n) is 5.12. The van der Waals surface area contributed by atoms with Crippen molar-refractivity contribution in [1.29, 1.82) is 0 Å². The highest BCUT2D eigenvalue weighted by Crippen LogP contribution is 2.12. The van der Waals surface area contributed by atoms with Gasteiger partial charge in [0.1, 0.15) is 6.61 Å². The predicted octanol–water partition coefficient (Wildman–Crippen LogP) is 2.26. The minimum Gasteiger partial charge on any atom is -0.474 e. The van der Waals surface area contributed by atoms with Crippen LogP contribution in [0.5, 0.6) is 5.88 Å². The SMILES string of the molecule is Cc1ccc(=O)[nH]c1OCc1ccccc1. The molecule has 0 atom stereocenters. The minimum absolute atomic E-state index is 0.145. The highest BCUT2D eigenvalue weighted by atomic mass is 16.5. The van der Waals surface area contributed by atoms with Crippen molar-refractivity contribution in [1.82, 2.24) is 4.98 Å². The van der Waals surface area contributed by atoms with Crippen LogP contribution in [-0.2, 0) is 6.61 Å². The fraction of sp³-hybridized carbons (Fsp3) is 0.154. The Balaban J connectivity index is 2.10. The Morgan fingerprint density at radius 3 is 2.62 bits per heavy atom. The lowest BCUT2D eigenvalue weighted by Crippen LogP contribution is -2.08. The van der Waals surface area contributed by atoms with E-state index in [1.165, 1.54) is 6.07 Å². The van der Waals surface area contributed by atoms with Gasteiger partial charge in [0.2, 0.25) is 0 Å². The molecular formula is C13H13NO2. The standard InChI is InChI=1S/C13H13NO2/c1-10-7-8-12(15)14-13(10)16-9-11-5-3-2-4-6-11/h2-8H,9H2,1H3,(H,14,15). The van der Waals surface area contributed by atoms with Gasteiger partial charge in [-0.2, -0.15) is 0 Å². The molecule has 3 nitrogen and oxygen atoms in total. The van der Waals surface area contributed by atoms with Crippen molar-refractivity contribution in [3.05, 3.63) is 63.9 Å². The lowest BCUT2D eigenvalue weighted by Gasteiger charge is -2.07. The van der Waals surface area contributed by atoms with Gasteiger partial charge in [0, 0.05) is 11.6 Å². The minimum atomic E-state index is -0.145. The summed E-state index contributed by atoms with van der Waals surface area (Å²) in [5.74, 6) is 0.538. The highest BCUT2D eigenvalue weighted by molar-refractivity contribution is 5.24. The second-order valence-corrected chi connectivity index (χ2v) is 3.61. The molecule has 1 aromatic heterocycles. The van der Waals surface area contributed by atoms with Crippen LogP contribution in [0.1, 0.15) is 11.1 Å². The van der Waals surface area contributed by atoms with Gasteiger partial charge in [0.25, 0.3) is 5.56 Å². The zero-order valence-corrected chi connectivity index (χ0v) is 9.07. The van der Waals surface area contributed by atoms with Crippen molar-refractivity contribution >= 4 is 0 Å². The maximum absolute atomic E-state index is 11.1. The Morgan fingerprint density at radius 2 is 1.88 bits per heavy atom. The van der Waals surface area contributed by atoms with Crippen LogP contribution in [0.15, 0.2) is 47.3 Å². The van der Waals surface area contributed by atoms with Crippen LogP contribution in [0.25, 0.3) is 0 Å². The van der Waals surface area contributed by atoms with Gasteiger partial charge >= 0.3 is 0 Å². The first-order valence-corrected chi connectivity index (χ1v) is 5.12. The molecule has 2 aromatic rings. The molecule has 1 heterocycles. The number of hydrogen-bond donors (Lipinski definition) is 1. The molecule has 0 bridgehead atoms. The predicted molar refractivity (Wildman–Crippen MR) is 62.6 cm³/mol. The molecule has 0 radical (unpaired) electrons. The number of H-pyrrole nitrogens is 1. The third-order valence-corrected chi connectivity index (χ3v) is 2.31. The molecule has 1 aromatic carbocycles. The maximum Gasteiger partial charge on any atom is 0.250 e. The van der Waals surface area contributed by atoms with Crippen molar-refractivity contribution in [2.75, 3.05) is 0 Å². The Hall–Kier alpha value is -2.03. The Morgan fingerprint density at radius 1 is 1.12 bits per heavy atom. The molecule has 0 aliphatic rings. The van der Waals surface area contributed by atoms with Gasteiger partial charge in [0.15, 0.2) is 5.88 Å². The average molecular weight is 215 g/mol. The quantitative estimate of drug-likeness (QED) is 0.853. The average Bonchev–Trinajstić information content (AvgIpc) is 2.32. The summed E-state index contributed by atoms with van der Waals surface area (Å²) in [5.41, 5.74) is 1.86. The maximum atomic E-state index is 11.1. The number of hydrogen-bond acceptors (Lipinski definition) is 2. The molecule has 16 heavy (non-hydrogen) atoms. The van der Waals surface area contributed by atoms with Crippen LogP contribution in [0, 0.1) is 6.92 Å². The number of nitrogens with one attached hydrogen (secondary N) is 1. The van der Waals surface area contributed by atoms with E-state index in [1.807, 2.05) is 37.3 Å². The molecule has 0 fully saturated rings. The van der Waals surface area contributed by atoms with E-state index in [0.29, 0.717) is 12.5 Å². The van der Waals surface area contributed by atoms with Crippen molar-refractivity contribution in [3.8, 4) is 5.88 Å². The summed E-state index contributed by atoms with van der Waals surface area (Å²) in [5, 5.41) is 0. The summed E-state index contributed by atoms with van der Waals surface area (Å²) in [6, 6.07) is 13.1. The van der Waals surface area contributed by atoms with Crippen LogP contribution < -0.4 is 10.3 Å². The summed E-state index contributed by atoms with van der Waals surface area (Å²) >= 11 is 0. The normalized spacial score (nSPS) is 10.1. The Bertz CT molecular complexity index is 517. The van der Waals surface area contributed by atoms with E-state index in [4.69, 9.17) is 4.74 Å². The number of rotatable bonds is 3. The lowest BCUT2D eigenvalue weighted by molar-refractivity contribution is 0.291. The van der Waals surface area contributed by atoms with E-state index >= 15 is 0 Å². The van der Waals surface area contributed by atoms with Gasteiger partial charge in [-0.25, -0.2) is 0 Å². The largest absolute Gasteiger partial charge is 0.474 e. The molecule has 1 N–H and O–H groups in total. The third-order valence-electron chi connectivity index (χ3n) is 2.31. The molecule has 3 heteroatoms. The Kier molecular flexibility index (Phi) is 3.05. The van der Waals surface area contributed by atoms with E-state index in [-0.39, 0.29) is 5.56 Å². The second kappa shape index (κ2) is 4.66. The molecule has 82 valence electrons. The van der Waals surface area contributed by atoms with Crippen molar-refractivity contribution in [2.45, 2.75) is 13.5 Å². The summed E-state index contributed by atoms with van der Waals surface area (Å²) in [4.78, 5) is 13.8. The molecule has 0 aliphatic heterocycles. The molecule has 0 spiro atoms. The van der Waals surface area contributed by atoms with Gasteiger partial charge in [-0.3, -0.25) is 9.78 Å². The second-order valence-electron chi connectivity index (χ2n) is 3.61. The van der Waals surface area contributed by atoms with E-state index in [9.17, 15) is 4.79 Å². The van der Waals surface area contributed by atoms with E-state index < -0.39 is 0 Å². The zero-order chi connectivity index (χ0) is 11.4. The zero-order valence-electron chi connectivity index (χ0n) is 9.07. The fourth-order valence-electron chi connectivity index (χ4n) is 1.41. The molecule has 0 amide bonds. The number of aromatic amines is 1. The lowest BCUT2D eigenvalue weighted by atomic mass is 10.2. The molecule has 2 rings (SSSR count). The van der Waals surface area contributed by atoms with Gasteiger partial charge in [-0.1, -0.05) is 30.3 Å². The molecule has 0 unspecified atom stereocenters. The van der Waals surface area contributed by atoms with Gasteiger partial charge in [-0.05, 0) is 18.6 Å². The van der Waals surface area contributed by atoms with E-state index in [0.717, 1.165) is 11.1 Å². The smallest absolute Gasteiger partial charge is 0.250 e. The molecule has 0 saturated carbocycles. The first kappa shape index (κ1) is 10.5. The van der Waals surface area contributed by atoms with Crippen molar-refractivity contribution < 1.29 is 4.74 Å². The van der Waals surface area contributed by atoms with Gasteiger partial charge in [-0.15, -0.1) is 0 Å². The number of pyridine rings is 1. The van der Waals surface area contributed by atoms with Crippen molar-refractivity contribution in [2.24, 2.45) is 0 Å². The molecule has 0 aliphatic carbocycles. The first-order chi connectivity index (χ1) is 7.75. The van der Waals surface area contributed by atoms with E-state index in [1.54, 1.807) is 6.07 Å². The van der Waals surface area contributed by atoms with Crippen LogP contribution >= 0.6 is 0 Å². The van der Waals surface area contributed by atoms with Crippen molar-refractivity contribution in [3.63, 3.8) is 0 Å². The third kappa shape index (κ3) is 2.51. The highest BCUT2D eigenvalue weighted by Gasteiger charge is 2.00. The molecule has 0 saturated heterocycles. The number of aromatic nitrogens is 1. The van der Waals surface area contributed by atoms with Gasteiger partial charge in [0.05, 0.1) is 0 Å². The van der Waals surface area contributed by atoms with E-state index in [2.05, 4.69) is 4.98 Å². The van der Waals surface area contributed by atoms with Crippen LogP contribution in [-0.4, -0.2) is 4.98 Å². The summed E-state index contributed by atoms with van der Waals surface area (Å²) in [6.45, 7) is 2.36. The molecular weight excluding hydrogens is 202 g/mol. The monoisotopic (exact) mass is 215 g/mol. The summed E-state index contributed by atoms with van der Waals surface area (Å²) in [6.07, 6.45) is 0.